The Morgan fingerprint density at radius 3 is 2.50 bits per heavy atom. The summed E-state index contributed by atoms with van der Waals surface area (Å²) in [4.78, 5) is 2.63. The molecule has 0 spiro atoms. The minimum absolute atomic E-state index is 0.214. The van der Waals surface area contributed by atoms with E-state index in [1.54, 1.807) is 0 Å². The first kappa shape index (κ1) is 12.3. The highest BCUT2D eigenvalue weighted by molar-refractivity contribution is 4.91. The molecule has 0 amide bonds. The Balaban J connectivity index is 1.96. The second-order valence-corrected chi connectivity index (χ2v) is 6.35. The van der Waals surface area contributed by atoms with Crippen molar-refractivity contribution in [2.45, 2.75) is 39.2 Å². The normalized spacial score (nSPS) is 30.2. The molecule has 0 aromatic carbocycles. The van der Waals surface area contributed by atoms with Crippen LogP contribution in [0.1, 0.15) is 33.6 Å². The van der Waals surface area contributed by atoms with Crippen LogP contribution in [0.15, 0.2) is 0 Å². The van der Waals surface area contributed by atoms with Crippen LogP contribution in [-0.4, -0.2) is 49.8 Å². The summed E-state index contributed by atoms with van der Waals surface area (Å²) >= 11 is 0. The van der Waals surface area contributed by atoms with Crippen molar-refractivity contribution in [2.75, 3.05) is 39.4 Å². The number of nitrogens with zero attached hydrogens (tertiary/aromatic N) is 1. The van der Waals surface area contributed by atoms with E-state index in [9.17, 15) is 0 Å². The second-order valence-electron chi connectivity index (χ2n) is 6.35. The quantitative estimate of drug-likeness (QED) is 0.772. The van der Waals surface area contributed by atoms with E-state index in [2.05, 4.69) is 31.0 Å². The third-order valence-electron chi connectivity index (χ3n) is 4.20. The lowest BCUT2D eigenvalue weighted by atomic mass is 9.79. The summed E-state index contributed by atoms with van der Waals surface area (Å²) in [5, 5.41) is 3.45. The lowest BCUT2D eigenvalue weighted by Crippen LogP contribution is -2.56. The van der Waals surface area contributed by atoms with Gasteiger partial charge in [0, 0.05) is 18.6 Å². The van der Waals surface area contributed by atoms with Crippen LogP contribution in [0.25, 0.3) is 0 Å². The first-order valence-electron chi connectivity index (χ1n) is 6.55. The fourth-order valence-electron chi connectivity index (χ4n) is 2.83. The average Bonchev–Trinajstić information content (AvgIpc) is 2.22. The van der Waals surface area contributed by atoms with Crippen LogP contribution in [0.5, 0.6) is 0 Å². The van der Waals surface area contributed by atoms with E-state index in [1.165, 1.54) is 32.5 Å². The summed E-state index contributed by atoms with van der Waals surface area (Å²) in [5.74, 6) is 0. The van der Waals surface area contributed by atoms with Gasteiger partial charge in [-0.2, -0.15) is 0 Å². The van der Waals surface area contributed by atoms with Crippen LogP contribution < -0.4 is 5.32 Å². The number of hydrogen-bond donors (Lipinski definition) is 1. The zero-order valence-electron chi connectivity index (χ0n) is 11.0. The zero-order valence-corrected chi connectivity index (χ0v) is 11.0. The molecule has 0 aromatic rings. The van der Waals surface area contributed by atoms with Crippen LogP contribution in [0.2, 0.25) is 0 Å². The van der Waals surface area contributed by atoms with Gasteiger partial charge in [-0.05, 0) is 45.2 Å². The van der Waals surface area contributed by atoms with Crippen molar-refractivity contribution in [2.24, 2.45) is 5.41 Å². The van der Waals surface area contributed by atoms with Gasteiger partial charge in [0.05, 0.1) is 13.2 Å². The van der Waals surface area contributed by atoms with Gasteiger partial charge in [-0.1, -0.05) is 6.92 Å². The first-order valence-corrected chi connectivity index (χ1v) is 6.55. The average molecular weight is 226 g/mol. The van der Waals surface area contributed by atoms with E-state index >= 15 is 0 Å². The molecule has 2 saturated heterocycles. The van der Waals surface area contributed by atoms with Gasteiger partial charge >= 0.3 is 0 Å². The van der Waals surface area contributed by atoms with E-state index < -0.39 is 0 Å². The smallest absolute Gasteiger partial charge is 0.0645 e. The highest BCUT2D eigenvalue weighted by Crippen LogP contribution is 2.32. The van der Waals surface area contributed by atoms with Gasteiger partial charge in [-0.25, -0.2) is 0 Å². The first-order chi connectivity index (χ1) is 7.52. The molecular weight excluding hydrogens is 200 g/mol. The van der Waals surface area contributed by atoms with Crippen molar-refractivity contribution in [3.63, 3.8) is 0 Å². The third kappa shape index (κ3) is 2.76. The Labute approximate surface area is 99.5 Å². The Hall–Kier alpha value is -0.120. The van der Waals surface area contributed by atoms with Crippen molar-refractivity contribution in [1.82, 2.24) is 10.2 Å². The van der Waals surface area contributed by atoms with Gasteiger partial charge in [0.15, 0.2) is 0 Å². The fourth-order valence-corrected chi connectivity index (χ4v) is 2.83. The van der Waals surface area contributed by atoms with Gasteiger partial charge in [0.2, 0.25) is 0 Å². The number of rotatable bonds is 2. The second kappa shape index (κ2) is 4.63. The lowest BCUT2D eigenvalue weighted by Gasteiger charge is -2.47. The molecule has 2 aliphatic rings. The standard InChI is InChI=1S/C13H26N2O/c1-12(2)11-16-9-8-15(12)10-13(3)4-6-14-7-5-13/h14H,4-11H2,1-3H3. The van der Waals surface area contributed by atoms with E-state index in [1.807, 2.05) is 0 Å². The largest absolute Gasteiger partial charge is 0.378 e. The van der Waals surface area contributed by atoms with E-state index in [0.717, 1.165) is 19.8 Å². The zero-order chi connectivity index (χ0) is 11.6. The summed E-state index contributed by atoms with van der Waals surface area (Å²) in [6.07, 6.45) is 2.61. The maximum absolute atomic E-state index is 5.58. The van der Waals surface area contributed by atoms with Gasteiger partial charge in [-0.15, -0.1) is 0 Å². The van der Waals surface area contributed by atoms with Crippen molar-refractivity contribution < 1.29 is 4.74 Å². The predicted octanol–water partition coefficient (Wildman–Crippen LogP) is 1.49. The molecule has 3 nitrogen and oxygen atoms in total. The molecule has 2 fully saturated rings. The van der Waals surface area contributed by atoms with Crippen molar-refractivity contribution in [3.8, 4) is 0 Å². The maximum Gasteiger partial charge on any atom is 0.0645 e. The van der Waals surface area contributed by atoms with E-state index in [-0.39, 0.29) is 5.54 Å². The number of piperidine rings is 1. The Bertz CT molecular complexity index is 234. The van der Waals surface area contributed by atoms with Crippen LogP contribution in [0.4, 0.5) is 0 Å². The Kier molecular flexibility index (Phi) is 3.57. The summed E-state index contributed by atoms with van der Waals surface area (Å²) in [6, 6.07) is 0. The van der Waals surface area contributed by atoms with Gasteiger partial charge in [0.1, 0.15) is 0 Å². The highest BCUT2D eigenvalue weighted by atomic mass is 16.5. The molecule has 0 saturated carbocycles. The maximum atomic E-state index is 5.58. The fraction of sp³-hybridized carbons (Fsp3) is 1.00. The molecule has 1 N–H and O–H groups in total. The van der Waals surface area contributed by atoms with Gasteiger partial charge in [-0.3, -0.25) is 4.90 Å². The third-order valence-corrected chi connectivity index (χ3v) is 4.20. The molecule has 2 heterocycles. The van der Waals surface area contributed by atoms with Crippen LogP contribution in [0.3, 0.4) is 0 Å². The molecule has 0 atom stereocenters. The Morgan fingerprint density at radius 1 is 1.19 bits per heavy atom. The molecule has 0 radical (unpaired) electrons. The molecule has 0 aliphatic carbocycles. The molecule has 16 heavy (non-hydrogen) atoms. The number of hydrogen-bond acceptors (Lipinski definition) is 3. The molecule has 94 valence electrons. The summed E-state index contributed by atoms with van der Waals surface area (Å²) in [7, 11) is 0. The molecule has 0 unspecified atom stereocenters. The topological polar surface area (TPSA) is 24.5 Å². The minimum Gasteiger partial charge on any atom is -0.378 e. The number of ether oxygens (including phenoxy) is 1. The van der Waals surface area contributed by atoms with E-state index in [4.69, 9.17) is 4.74 Å². The summed E-state index contributed by atoms with van der Waals surface area (Å²) in [5.41, 5.74) is 0.714. The van der Waals surface area contributed by atoms with Crippen molar-refractivity contribution in [1.29, 1.82) is 0 Å². The Morgan fingerprint density at radius 2 is 1.88 bits per heavy atom. The van der Waals surface area contributed by atoms with E-state index in [0.29, 0.717) is 5.41 Å². The SMILES string of the molecule is CC1(CN2CCOCC2(C)C)CCNCC1. The number of nitrogens with one attached hydrogen (secondary N) is 1. The molecule has 0 bridgehead atoms. The molecule has 0 aromatic heterocycles. The van der Waals surface area contributed by atoms with Gasteiger partial charge in [0.25, 0.3) is 0 Å². The van der Waals surface area contributed by atoms with Crippen LogP contribution >= 0.6 is 0 Å². The summed E-state index contributed by atoms with van der Waals surface area (Å²) in [6.45, 7) is 13.5. The van der Waals surface area contributed by atoms with Crippen molar-refractivity contribution in [3.05, 3.63) is 0 Å². The molecule has 2 aliphatic heterocycles. The van der Waals surface area contributed by atoms with Crippen molar-refractivity contribution >= 4 is 0 Å². The molecular formula is C13H26N2O. The predicted molar refractivity (Wildman–Crippen MR) is 66.7 cm³/mol. The monoisotopic (exact) mass is 226 g/mol. The molecule has 2 rings (SSSR count). The van der Waals surface area contributed by atoms with Crippen LogP contribution in [0, 0.1) is 5.41 Å². The van der Waals surface area contributed by atoms with Crippen LogP contribution in [-0.2, 0) is 4.74 Å². The minimum atomic E-state index is 0.214. The lowest BCUT2D eigenvalue weighted by molar-refractivity contribution is -0.0695. The van der Waals surface area contributed by atoms with Gasteiger partial charge < -0.3 is 10.1 Å². The number of morpholine rings is 1. The summed E-state index contributed by atoms with van der Waals surface area (Å²) < 4.78 is 5.58. The molecule has 3 heteroatoms. The highest BCUT2D eigenvalue weighted by Gasteiger charge is 2.36.